The van der Waals surface area contributed by atoms with Gasteiger partial charge in [-0.3, -0.25) is 9.19 Å². The number of thioether (sulfide) groups is 1. The molecular weight excluding hydrogens is 445 g/mol. The minimum absolute atomic E-state index is 0.0781. The maximum absolute atomic E-state index is 12.5. The summed E-state index contributed by atoms with van der Waals surface area (Å²) in [7, 11) is 1.60. The van der Waals surface area contributed by atoms with Gasteiger partial charge in [0.05, 0.1) is 22.1 Å². The van der Waals surface area contributed by atoms with Crippen molar-refractivity contribution in [3.8, 4) is 11.5 Å². The number of aromatic nitrogens is 4. The summed E-state index contributed by atoms with van der Waals surface area (Å²) in [4.78, 5) is 12.0. The molecule has 0 radical (unpaired) electrons. The third kappa shape index (κ3) is 3.86. The first-order valence-corrected chi connectivity index (χ1v) is 9.17. The Balaban J connectivity index is 2.15. The number of rotatable bonds is 3. The highest BCUT2D eigenvalue weighted by Gasteiger charge is 2.30. The van der Waals surface area contributed by atoms with E-state index in [0.29, 0.717) is 9.99 Å². The topological polar surface area (TPSA) is 83.7 Å². The van der Waals surface area contributed by atoms with Gasteiger partial charge in [-0.25, -0.2) is 9.97 Å². The third-order valence-electron chi connectivity index (χ3n) is 3.17. The van der Waals surface area contributed by atoms with Crippen LogP contribution in [-0.4, -0.2) is 33.8 Å². The van der Waals surface area contributed by atoms with E-state index in [0.717, 1.165) is 0 Å². The standard InChI is InChI=1S/C13H8BrF3N4O2S2/c1-21-8-5-18-10(24-13(15,16)17)3-7(8)20-12(21)11-9(25(22)23)2-6(14)4-19-11/h2-5H,1H3,(H,22,23)/p-1. The second-order valence-electron chi connectivity index (χ2n) is 4.79. The van der Waals surface area contributed by atoms with Gasteiger partial charge in [0.25, 0.3) is 0 Å². The third-order valence-corrected chi connectivity index (χ3v) is 4.94. The second-order valence-corrected chi connectivity index (χ2v) is 7.70. The van der Waals surface area contributed by atoms with Crippen LogP contribution in [0, 0.1) is 0 Å². The van der Waals surface area contributed by atoms with Crippen LogP contribution < -0.4 is 0 Å². The average Bonchev–Trinajstić information content (AvgIpc) is 2.82. The van der Waals surface area contributed by atoms with Crippen molar-refractivity contribution < 1.29 is 21.9 Å². The number of pyridine rings is 2. The molecule has 0 aromatic carbocycles. The lowest BCUT2D eigenvalue weighted by atomic mass is 10.3. The molecule has 0 spiro atoms. The lowest BCUT2D eigenvalue weighted by Crippen LogP contribution is -2.01. The first kappa shape index (κ1) is 18.3. The highest BCUT2D eigenvalue weighted by molar-refractivity contribution is 9.10. The monoisotopic (exact) mass is 451 g/mol. The molecular formula is C13H7BrF3N4O2S2-. The van der Waals surface area contributed by atoms with E-state index < -0.39 is 16.6 Å². The number of nitrogens with zero attached hydrogens (tertiary/aromatic N) is 4. The first-order valence-electron chi connectivity index (χ1n) is 6.49. The zero-order valence-electron chi connectivity index (χ0n) is 12.2. The fourth-order valence-corrected chi connectivity index (χ4v) is 3.69. The smallest absolute Gasteiger partial charge is 0.447 e. The van der Waals surface area contributed by atoms with Gasteiger partial charge in [-0.2, -0.15) is 13.2 Å². The van der Waals surface area contributed by atoms with Crippen LogP contribution in [0.3, 0.4) is 0 Å². The van der Waals surface area contributed by atoms with E-state index in [9.17, 15) is 21.9 Å². The molecule has 0 aliphatic heterocycles. The van der Waals surface area contributed by atoms with Crippen LogP contribution in [0.5, 0.6) is 0 Å². The minimum Gasteiger partial charge on any atom is -0.768 e. The molecule has 132 valence electrons. The van der Waals surface area contributed by atoms with Crippen LogP contribution >= 0.6 is 27.7 Å². The zero-order valence-corrected chi connectivity index (χ0v) is 15.5. The molecule has 3 aromatic rings. The second kappa shape index (κ2) is 6.67. The molecule has 3 heterocycles. The largest absolute Gasteiger partial charge is 0.768 e. The van der Waals surface area contributed by atoms with Gasteiger partial charge in [-0.1, -0.05) is 0 Å². The summed E-state index contributed by atoms with van der Waals surface area (Å²) in [5.74, 6) is 0.206. The maximum Gasteiger partial charge on any atom is 0.447 e. The van der Waals surface area contributed by atoms with Gasteiger partial charge in [0.15, 0.2) is 5.82 Å². The summed E-state index contributed by atoms with van der Waals surface area (Å²) < 4.78 is 62.3. The number of aryl methyl sites for hydroxylation is 1. The molecule has 0 fully saturated rings. The average molecular weight is 452 g/mol. The van der Waals surface area contributed by atoms with Gasteiger partial charge in [0, 0.05) is 29.5 Å². The quantitative estimate of drug-likeness (QED) is 0.446. The van der Waals surface area contributed by atoms with Crippen LogP contribution in [0.2, 0.25) is 0 Å². The van der Waals surface area contributed by atoms with Crippen molar-refractivity contribution in [2.24, 2.45) is 7.05 Å². The molecule has 25 heavy (non-hydrogen) atoms. The summed E-state index contributed by atoms with van der Waals surface area (Å²) in [6.07, 6.45) is 2.67. The number of imidazole rings is 1. The van der Waals surface area contributed by atoms with Crippen molar-refractivity contribution in [1.82, 2.24) is 19.5 Å². The van der Waals surface area contributed by atoms with E-state index in [4.69, 9.17) is 0 Å². The predicted octanol–water partition coefficient (Wildman–Crippen LogP) is 3.64. The number of halogens is 4. The summed E-state index contributed by atoms with van der Waals surface area (Å²) >= 11 is 0.238. The fourth-order valence-electron chi connectivity index (χ4n) is 2.17. The molecule has 3 aromatic heterocycles. The Morgan fingerprint density at radius 2 is 2.00 bits per heavy atom. The molecule has 0 bridgehead atoms. The molecule has 3 rings (SSSR count). The molecule has 1 atom stereocenters. The Labute approximate surface area is 154 Å². The van der Waals surface area contributed by atoms with Crippen LogP contribution in [0.15, 0.2) is 38.9 Å². The van der Waals surface area contributed by atoms with Crippen LogP contribution in [0.4, 0.5) is 13.2 Å². The summed E-state index contributed by atoms with van der Waals surface area (Å²) in [6, 6.07) is 2.57. The van der Waals surface area contributed by atoms with Gasteiger partial charge < -0.3 is 9.12 Å². The van der Waals surface area contributed by atoms with Gasteiger partial charge in [-0.15, -0.1) is 0 Å². The Morgan fingerprint density at radius 3 is 2.64 bits per heavy atom. The maximum atomic E-state index is 12.5. The molecule has 0 aliphatic carbocycles. The Hall–Kier alpha value is -1.50. The van der Waals surface area contributed by atoms with Gasteiger partial charge in [0.1, 0.15) is 10.7 Å². The lowest BCUT2D eigenvalue weighted by molar-refractivity contribution is -0.0329. The molecule has 0 saturated carbocycles. The van der Waals surface area contributed by atoms with Crippen molar-refractivity contribution in [2.45, 2.75) is 15.4 Å². The minimum atomic E-state index is -4.46. The van der Waals surface area contributed by atoms with E-state index in [1.54, 1.807) is 7.05 Å². The van der Waals surface area contributed by atoms with Gasteiger partial charge >= 0.3 is 5.51 Å². The van der Waals surface area contributed by atoms with E-state index >= 15 is 0 Å². The molecule has 0 saturated heterocycles. The first-order chi connectivity index (χ1) is 11.7. The number of fused-ring (bicyclic) bond motifs is 1. The Bertz CT molecular complexity index is 993. The van der Waals surface area contributed by atoms with Crippen LogP contribution in [-0.2, 0) is 18.1 Å². The van der Waals surface area contributed by atoms with E-state index in [-0.39, 0.29) is 38.7 Å². The van der Waals surface area contributed by atoms with Crippen molar-refractivity contribution in [2.75, 3.05) is 0 Å². The van der Waals surface area contributed by atoms with E-state index in [1.807, 2.05) is 0 Å². The number of hydrogen-bond donors (Lipinski definition) is 0. The SMILES string of the molecule is Cn1c(-c2ncc(Br)cc2S(=O)[O-])nc2cc(SC(F)(F)F)ncc21. The highest BCUT2D eigenvalue weighted by atomic mass is 79.9. The normalized spacial score (nSPS) is 13.4. The summed E-state index contributed by atoms with van der Waals surface area (Å²) in [5, 5.41) is -0.249. The van der Waals surface area contributed by atoms with E-state index in [1.165, 1.54) is 29.1 Å². The number of alkyl halides is 3. The number of hydrogen-bond acceptors (Lipinski definition) is 6. The van der Waals surface area contributed by atoms with Crippen molar-refractivity contribution in [3.63, 3.8) is 0 Å². The lowest BCUT2D eigenvalue weighted by Gasteiger charge is -2.11. The van der Waals surface area contributed by atoms with E-state index in [2.05, 4.69) is 30.9 Å². The molecule has 6 nitrogen and oxygen atoms in total. The molecule has 0 N–H and O–H groups in total. The fraction of sp³-hybridized carbons (Fsp3) is 0.154. The molecule has 12 heteroatoms. The van der Waals surface area contributed by atoms with Gasteiger partial charge in [-0.05, 0) is 39.1 Å². The van der Waals surface area contributed by atoms with Crippen LogP contribution in [0.1, 0.15) is 0 Å². The molecule has 0 amide bonds. The van der Waals surface area contributed by atoms with Crippen LogP contribution in [0.25, 0.3) is 22.6 Å². The highest BCUT2D eigenvalue weighted by Crippen LogP contribution is 2.37. The van der Waals surface area contributed by atoms with Crippen molar-refractivity contribution >= 4 is 49.8 Å². The Kier molecular flexibility index (Phi) is 4.88. The van der Waals surface area contributed by atoms with Gasteiger partial charge in [0.2, 0.25) is 0 Å². The molecule has 1 unspecified atom stereocenters. The summed E-state index contributed by atoms with van der Waals surface area (Å²) in [5.41, 5.74) is -3.65. The summed E-state index contributed by atoms with van der Waals surface area (Å²) in [6.45, 7) is 0. The van der Waals surface area contributed by atoms with Crippen molar-refractivity contribution in [3.05, 3.63) is 29.0 Å². The molecule has 0 aliphatic rings. The zero-order chi connectivity index (χ0) is 18.4. The van der Waals surface area contributed by atoms with Crippen molar-refractivity contribution in [1.29, 1.82) is 0 Å². The predicted molar refractivity (Wildman–Crippen MR) is 88.5 cm³/mol. The Morgan fingerprint density at radius 1 is 1.28 bits per heavy atom.